The Balaban J connectivity index is -0.000000416. The Morgan fingerprint density at radius 3 is 1.13 bits per heavy atom. The fourth-order valence-corrected chi connectivity index (χ4v) is 1.65. The summed E-state index contributed by atoms with van der Waals surface area (Å²) in [6, 6.07) is 0. The van der Waals surface area contributed by atoms with Crippen molar-refractivity contribution in [2.24, 2.45) is 0 Å². The smallest absolute Gasteiger partial charge is 0.333 e. The summed E-state index contributed by atoms with van der Waals surface area (Å²) in [7, 11) is 7.50. The van der Waals surface area contributed by atoms with E-state index in [1.54, 1.807) is 13.8 Å². The maximum absolute atomic E-state index is 10.9. The number of rotatable bonds is 10. The average molecular weight is 469 g/mol. The third kappa shape index (κ3) is 39.3. The SMILES string of the molecule is C=C(C)C(=O)OCCC[N+](C)(C)C.C=C(C)C(=O)OCCC[N+](C)(C)C.O=S(=O)([O-])[O-]. The second-order valence-corrected chi connectivity index (χ2v) is 9.79. The molecule has 184 valence electrons. The Kier molecular flexibility index (Phi) is 17.4. The van der Waals surface area contributed by atoms with Gasteiger partial charge in [-0.2, -0.15) is 0 Å². The van der Waals surface area contributed by atoms with Gasteiger partial charge in [-0.3, -0.25) is 8.42 Å². The van der Waals surface area contributed by atoms with E-state index in [4.69, 9.17) is 27.0 Å². The summed E-state index contributed by atoms with van der Waals surface area (Å²) in [5, 5.41) is 0. The molecule has 0 N–H and O–H groups in total. The molecule has 0 amide bonds. The highest BCUT2D eigenvalue weighted by molar-refractivity contribution is 7.79. The molecule has 0 aliphatic rings. The first-order chi connectivity index (χ1) is 13.7. The zero-order chi connectivity index (χ0) is 25.5. The number of hydrogen-bond donors (Lipinski definition) is 0. The first-order valence-corrected chi connectivity index (χ1v) is 10.9. The second kappa shape index (κ2) is 15.9. The highest BCUT2D eigenvalue weighted by Crippen LogP contribution is 1.98. The predicted molar refractivity (Wildman–Crippen MR) is 117 cm³/mol. The van der Waals surface area contributed by atoms with Crippen molar-refractivity contribution < 1.29 is 45.6 Å². The molecule has 0 unspecified atom stereocenters. The van der Waals surface area contributed by atoms with Gasteiger partial charge >= 0.3 is 11.9 Å². The van der Waals surface area contributed by atoms with Crippen LogP contribution in [0.4, 0.5) is 0 Å². The summed E-state index contributed by atoms with van der Waals surface area (Å²) in [5.41, 5.74) is 0.926. The minimum absolute atomic E-state index is 0.290. The van der Waals surface area contributed by atoms with E-state index in [0.29, 0.717) is 24.4 Å². The third-order valence-electron chi connectivity index (χ3n) is 3.11. The predicted octanol–water partition coefficient (Wildman–Crippen LogP) is 1.07. The van der Waals surface area contributed by atoms with Gasteiger partial charge in [-0.15, -0.1) is 0 Å². The Morgan fingerprint density at radius 1 is 0.742 bits per heavy atom. The fraction of sp³-hybridized carbons (Fsp3) is 0.700. The van der Waals surface area contributed by atoms with Crippen molar-refractivity contribution in [2.45, 2.75) is 26.7 Å². The molecule has 0 heterocycles. The lowest BCUT2D eigenvalue weighted by Gasteiger charge is -2.23. The van der Waals surface area contributed by atoms with Crippen molar-refractivity contribution in [1.82, 2.24) is 0 Å². The quantitative estimate of drug-likeness (QED) is 0.116. The van der Waals surface area contributed by atoms with Gasteiger partial charge in [0.25, 0.3) is 0 Å². The molecule has 11 heteroatoms. The van der Waals surface area contributed by atoms with Gasteiger partial charge in [-0.05, 0) is 13.8 Å². The van der Waals surface area contributed by atoms with Gasteiger partial charge in [0.15, 0.2) is 0 Å². The molecule has 0 bridgehead atoms. The number of esters is 2. The van der Waals surface area contributed by atoms with E-state index in [0.717, 1.165) is 34.9 Å². The van der Waals surface area contributed by atoms with Crippen molar-refractivity contribution in [1.29, 1.82) is 0 Å². The summed E-state index contributed by atoms with van der Waals surface area (Å²) >= 11 is 0. The van der Waals surface area contributed by atoms with Crippen LogP contribution in [0.15, 0.2) is 24.3 Å². The fourth-order valence-electron chi connectivity index (χ4n) is 1.65. The number of carbonyl (C=O) groups is 2. The molecule has 0 aromatic heterocycles. The van der Waals surface area contributed by atoms with Gasteiger partial charge in [0.05, 0.1) is 68.6 Å². The lowest BCUT2D eigenvalue weighted by Crippen LogP contribution is -2.35. The van der Waals surface area contributed by atoms with Gasteiger partial charge in [0, 0.05) is 34.4 Å². The second-order valence-electron chi connectivity index (χ2n) is 8.98. The Morgan fingerprint density at radius 2 is 0.968 bits per heavy atom. The molecule has 0 saturated carbocycles. The van der Waals surface area contributed by atoms with Crippen molar-refractivity contribution in [2.75, 3.05) is 68.6 Å². The molecule has 0 aromatic rings. The molecule has 0 rings (SSSR count). The summed E-state index contributed by atoms with van der Waals surface area (Å²) < 4.78 is 45.8. The molecular weight excluding hydrogens is 428 g/mol. The molecule has 10 nitrogen and oxygen atoms in total. The zero-order valence-corrected chi connectivity index (χ0v) is 21.0. The van der Waals surface area contributed by atoms with Crippen LogP contribution in [0, 0.1) is 0 Å². The molecule has 0 radical (unpaired) electrons. The minimum atomic E-state index is -5.17. The van der Waals surface area contributed by atoms with Crippen LogP contribution in [-0.4, -0.2) is 107 Å². The van der Waals surface area contributed by atoms with E-state index in [9.17, 15) is 9.59 Å². The summed E-state index contributed by atoms with van der Waals surface area (Å²) in [4.78, 5) is 21.9. The average Bonchev–Trinajstić information content (AvgIpc) is 2.52. The van der Waals surface area contributed by atoms with Gasteiger partial charge in [-0.1, -0.05) is 13.2 Å². The van der Waals surface area contributed by atoms with Gasteiger partial charge < -0.3 is 27.5 Å². The molecule has 0 aromatic carbocycles. The Hall–Kier alpha value is -1.79. The van der Waals surface area contributed by atoms with E-state index in [1.165, 1.54) is 0 Å². The number of nitrogens with zero attached hydrogens (tertiary/aromatic N) is 2. The largest absolute Gasteiger partial charge is 0.759 e. The van der Waals surface area contributed by atoms with Crippen LogP contribution in [-0.2, 0) is 29.5 Å². The van der Waals surface area contributed by atoms with Crippen LogP contribution >= 0.6 is 0 Å². The molecular formula is C20H40N2O8S. The highest BCUT2D eigenvalue weighted by atomic mass is 32.3. The topological polar surface area (TPSA) is 133 Å². The van der Waals surface area contributed by atoms with Crippen molar-refractivity contribution in [3.8, 4) is 0 Å². The first-order valence-electron chi connectivity index (χ1n) is 9.58. The standard InChI is InChI=1S/2C10H20NO2.H2O4S/c2*1-9(2)10(12)13-8-6-7-11(3,4)5;1-5(2,3)4/h2*1,6-8H2,2-5H3;(H2,1,2,3,4)/q2*+1;/p-2. The van der Waals surface area contributed by atoms with Crippen LogP contribution < -0.4 is 0 Å². The summed E-state index contributed by atoms with van der Waals surface area (Å²) in [6.45, 7) is 13.3. The molecule has 0 aliphatic carbocycles. The Bertz CT molecular complexity index is 622. The Labute approximate surface area is 187 Å². The number of hydrogen-bond acceptors (Lipinski definition) is 8. The van der Waals surface area contributed by atoms with Gasteiger partial charge in [0.2, 0.25) is 0 Å². The number of quaternary nitrogens is 2. The van der Waals surface area contributed by atoms with Gasteiger partial charge in [0.1, 0.15) is 0 Å². The monoisotopic (exact) mass is 468 g/mol. The van der Waals surface area contributed by atoms with E-state index in [2.05, 4.69) is 55.4 Å². The first kappa shape index (κ1) is 33.8. The maximum Gasteiger partial charge on any atom is 0.333 e. The lowest BCUT2D eigenvalue weighted by molar-refractivity contribution is -0.870. The summed E-state index contributed by atoms with van der Waals surface area (Å²) in [5.74, 6) is -0.581. The van der Waals surface area contributed by atoms with Crippen molar-refractivity contribution >= 4 is 22.3 Å². The van der Waals surface area contributed by atoms with Crippen LogP contribution in [0.2, 0.25) is 0 Å². The lowest BCUT2D eigenvalue weighted by atomic mass is 10.3. The van der Waals surface area contributed by atoms with Crippen LogP contribution in [0.25, 0.3) is 0 Å². The zero-order valence-electron chi connectivity index (χ0n) is 20.2. The molecule has 0 saturated heterocycles. The van der Waals surface area contributed by atoms with Crippen molar-refractivity contribution in [3.05, 3.63) is 24.3 Å². The van der Waals surface area contributed by atoms with E-state index in [1.807, 2.05) is 0 Å². The minimum Gasteiger partial charge on any atom is -0.759 e. The van der Waals surface area contributed by atoms with Crippen LogP contribution in [0.3, 0.4) is 0 Å². The molecule has 0 atom stereocenters. The van der Waals surface area contributed by atoms with Crippen molar-refractivity contribution in [3.63, 3.8) is 0 Å². The van der Waals surface area contributed by atoms with Crippen LogP contribution in [0.1, 0.15) is 26.7 Å². The third-order valence-corrected chi connectivity index (χ3v) is 3.11. The highest BCUT2D eigenvalue weighted by Gasteiger charge is 2.08. The molecule has 0 spiro atoms. The molecule has 0 aliphatic heterocycles. The van der Waals surface area contributed by atoms with E-state index in [-0.39, 0.29) is 11.9 Å². The van der Waals surface area contributed by atoms with E-state index < -0.39 is 10.4 Å². The number of ether oxygens (including phenoxy) is 2. The van der Waals surface area contributed by atoms with E-state index >= 15 is 0 Å². The number of carbonyl (C=O) groups excluding carboxylic acids is 2. The molecule has 0 fully saturated rings. The van der Waals surface area contributed by atoms with Crippen LogP contribution in [0.5, 0.6) is 0 Å². The summed E-state index contributed by atoms with van der Waals surface area (Å²) in [6.07, 6.45) is 1.78. The maximum atomic E-state index is 10.9. The molecule has 31 heavy (non-hydrogen) atoms. The normalized spacial score (nSPS) is 11.2. The van der Waals surface area contributed by atoms with Gasteiger partial charge in [-0.25, -0.2) is 9.59 Å².